The van der Waals surface area contributed by atoms with E-state index in [4.69, 9.17) is 5.11 Å². The Morgan fingerprint density at radius 3 is 2.44 bits per heavy atom. The molecule has 0 saturated heterocycles. The zero-order chi connectivity index (χ0) is 11.9. The summed E-state index contributed by atoms with van der Waals surface area (Å²) in [5.41, 5.74) is 0.136. The lowest BCUT2D eigenvalue weighted by molar-refractivity contribution is 0.0802. The van der Waals surface area contributed by atoms with Crippen molar-refractivity contribution >= 4 is 0 Å². The topological polar surface area (TPSA) is 52.5 Å². The summed E-state index contributed by atoms with van der Waals surface area (Å²) >= 11 is 0. The molecule has 0 aromatic rings. The summed E-state index contributed by atoms with van der Waals surface area (Å²) < 4.78 is 0. The zero-order valence-corrected chi connectivity index (χ0v) is 10.5. The number of rotatable bonds is 7. The van der Waals surface area contributed by atoms with Crippen LogP contribution in [-0.2, 0) is 0 Å². The van der Waals surface area contributed by atoms with Gasteiger partial charge in [-0.1, -0.05) is 26.2 Å². The van der Waals surface area contributed by atoms with E-state index < -0.39 is 0 Å². The van der Waals surface area contributed by atoms with Crippen LogP contribution < -0.4 is 5.32 Å². The third-order valence-corrected chi connectivity index (χ3v) is 3.86. The van der Waals surface area contributed by atoms with E-state index in [-0.39, 0.29) is 12.0 Å². The molecule has 3 nitrogen and oxygen atoms in total. The fourth-order valence-electron chi connectivity index (χ4n) is 2.60. The Morgan fingerprint density at radius 1 is 1.19 bits per heavy atom. The molecule has 1 aliphatic rings. The van der Waals surface area contributed by atoms with E-state index in [1.807, 2.05) is 0 Å². The first-order chi connectivity index (χ1) is 7.72. The molecule has 0 spiro atoms. The van der Waals surface area contributed by atoms with Crippen molar-refractivity contribution in [1.29, 1.82) is 0 Å². The molecule has 0 bridgehead atoms. The van der Waals surface area contributed by atoms with Crippen LogP contribution in [0.4, 0.5) is 0 Å². The highest BCUT2D eigenvalue weighted by Gasteiger charge is 2.30. The molecule has 1 aliphatic carbocycles. The van der Waals surface area contributed by atoms with Gasteiger partial charge in [0.15, 0.2) is 0 Å². The van der Waals surface area contributed by atoms with Gasteiger partial charge in [-0.15, -0.1) is 0 Å². The first-order valence-electron chi connectivity index (χ1n) is 6.65. The van der Waals surface area contributed by atoms with E-state index in [1.165, 1.54) is 19.3 Å². The Labute approximate surface area is 99.3 Å². The normalized spacial score (nSPS) is 21.9. The average molecular weight is 229 g/mol. The van der Waals surface area contributed by atoms with Crippen LogP contribution in [0.25, 0.3) is 0 Å². The lowest BCUT2D eigenvalue weighted by atomic mass is 9.74. The first kappa shape index (κ1) is 13.9. The van der Waals surface area contributed by atoms with Gasteiger partial charge >= 0.3 is 0 Å². The Bertz CT molecular complexity index is 179. The van der Waals surface area contributed by atoms with Crippen molar-refractivity contribution in [2.24, 2.45) is 11.3 Å². The molecule has 96 valence electrons. The Morgan fingerprint density at radius 2 is 1.88 bits per heavy atom. The maximum atomic E-state index is 9.53. The van der Waals surface area contributed by atoms with Crippen molar-refractivity contribution in [3.8, 4) is 0 Å². The summed E-state index contributed by atoms with van der Waals surface area (Å²) in [4.78, 5) is 0. The van der Waals surface area contributed by atoms with Gasteiger partial charge in [-0.25, -0.2) is 0 Å². The van der Waals surface area contributed by atoms with E-state index in [0.29, 0.717) is 12.5 Å². The molecule has 0 radical (unpaired) electrons. The molecule has 1 rings (SSSR count). The minimum atomic E-state index is 0.136. The van der Waals surface area contributed by atoms with Crippen LogP contribution in [0.15, 0.2) is 0 Å². The van der Waals surface area contributed by atoms with Crippen LogP contribution in [0.2, 0.25) is 0 Å². The van der Waals surface area contributed by atoms with Crippen molar-refractivity contribution in [3.63, 3.8) is 0 Å². The molecule has 1 fully saturated rings. The van der Waals surface area contributed by atoms with Crippen molar-refractivity contribution in [2.75, 3.05) is 26.3 Å². The largest absolute Gasteiger partial charge is 0.396 e. The van der Waals surface area contributed by atoms with Gasteiger partial charge in [0.25, 0.3) is 0 Å². The van der Waals surface area contributed by atoms with Gasteiger partial charge in [0.05, 0.1) is 0 Å². The minimum Gasteiger partial charge on any atom is -0.396 e. The summed E-state index contributed by atoms with van der Waals surface area (Å²) in [6.45, 7) is 4.61. The predicted octanol–water partition coefficient (Wildman–Crippen LogP) is 1.54. The SMILES string of the molecule is CC(CCO)CNCC1(CO)CCCCC1. The van der Waals surface area contributed by atoms with Crippen LogP contribution in [-0.4, -0.2) is 36.5 Å². The molecule has 1 atom stereocenters. The number of hydrogen-bond acceptors (Lipinski definition) is 3. The van der Waals surface area contributed by atoms with Gasteiger partial charge in [0, 0.05) is 25.2 Å². The Balaban J connectivity index is 2.22. The van der Waals surface area contributed by atoms with Gasteiger partial charge in [-0.05, 0) is 31.7 Å². The maximum absolute atomic E-state index is 9.53. The monoisotopic (exact) mass is 229 g/mol. The fourth-order valence-corrected chi connectivity index (χ4v) is 2.60. The molecule has 16 heavy (non-hydrogen) atoms. The molecule has 0 aromatic carbocycles. The zero-order valence-electron chi connectivity index (χ0n) is 10.5. The third-order valence-electron chi connectivity index (χ3n) is 3.86. The molecule has 3 N–H and O–H groups in total. The highest BCUT2D eigenvalue weighted by atomic mass is 16.3. The summed E-state index contributed by atoms with van der Waals surface area (Å²) in [7, 11) is 0. The van der Waals surface area contributed by atoms with E-state index in [1.54, 1.807) is 0 Å². The maximum Gasteiger partial charge on any atom is 0.0499 e. The molecule has 0 heterocycles. The number of aliphatic hydroxyl groups excluding tert-OH is 2. The number of aliphatic hydroxyl groups is 2. The fraction of sp³-hybridized carbons (Fsp3) is 1.00. The van der Waals surface area contributed by atoms with E-state index in [0.717, 1.165) is 32.4 Å². The van der Waals surface area contributed by atoms with Gasteiger partial charge in [0.1, 0.15) is 0 Å². The van der Waals surface area contributed by atoms with Crippen molar-refractivity contribution < 1.29 is 10.2 Å². The predicted molar refractivity (Wildman–Crippen MR) is 66.3 cm³/mol. The van der Waals surface area contributed by atoms with E-state index >= 15 is 0 Å². The number of nitrogens with one attached hydrogen (secondary N) is 1. The highest BCUT2D eigenvalue weighted by molar-refractivity contribution is 4.84. The van der Waals surface area contributed by atoms with Crippen molar-refractivity contribution in [2.45, 2.75) is 45.4 Å². The minimum absolute atomic E-state index is 0.136. The average Bonchev–Trinajstić information content (AvgIpc) is 2.31. The highest BCUT2D eigenvalue weighted by Crippen LogP contribution is 2.35. The smallest absolute Gasteiger partial charge is 0.0499 e. The molecule has 0 amide bonds. The molecule has 3 heteroatoms. The first-order valence-corrected chi connectivity index (χ1v) is 6.65. The van der Waals surface area contributed by atoms with E-state index in [9.17, 15) is 5.11 Å². The molecular weight excluding hydrogens is 202 g/mol. The van der Waals surface area contributed by atoms with Crippen molar-refractivity contribution in [3.05, 3.63) is 0 Å². The van der Waals surface area contributed by atoms with Gasteiger partial charge < -0.3 is 15.5 Å². The van der Waals surface area contributed by atoms with Crippen LogP contribution in [0.3, 0.4) is 0 Å². The Hall–Kier alpha value is -0.120. The number of hydrogen-bond donors (Lipinski definition) is 3. The lowest BCUT2D eigenvalue weighted by Gasteiger charge is -2.36. The second-order valence-corrected chi connectivity index (χ2v) is 5.47. The van der Waals surface area contributed by atoms with Gasteiger partial charge in [-0.3, -0.25) is 0 Å². The van der Waals surface area contributed by atoms with Crippen LogP contribution in [0, 0.1) is 11.3 Å². The quantitative estimate of drug-likeness (QED) is 0.620. The van der Waals surface area contributed by atoms with E-state index in [2.05, 4.69) is 12.2 Å². The molecule has 0 aliphatic heterocycles. The van der Waals surface area contributed by atoms with Gasteiger partial charge in [0.2, 0.25) is 0 Å². The lowest BCUT2D eigenvalue weighted by Crippen LogP contribution is -2.40. The summed E-state index contributed by atoms with van der Waals surface area (Å²) in [6, 6.07) is 0. The molecule has 1 unspecified atom stereocenters. The van der Waals surface area contributed by atoms with Crippen molar-refractivity contribution in [1.82, 2.24) is 5.32 Å². The molecular formula is C13H27NO2. The van der Waals surface area contributed by atoms with Crippen LogP contribution in [0.5, 0.6) is 0 Å². The summed E-state index contributed by atoms with van der Waals surface area (Å²) in [6.07, 6.45) is 7.01. The van der Waals surface area contributed by atoms with Gasteiger partial charge in [-0.2, -0.15) is 0 Å². The van der Waals surface area contributed by atoms with Crippen LogP contribution in [0.1, 0.15) is 45.4 Å². The standard InChI is InChI=1S/C13H27NO2/c1-12(5-8-15)9-14-10-13(11-16)6-3-2-4-7-13/h12,14-16H,2-11H2,1H3. The molecule has 1 saturated carbocycles. The molecule has 0 aromatic heterocycles. The third kappa shape index (κ3) is 4.40. The van der Waals surface area contributed by atoms with Crippen LogP contribution >= 0.6 is 0 Å². The Kier molecular flexibility index (Phi) is 6.32. The second kappa shape index (κ2) is 7.25. The summed E-state index contributed by atoms with van der Waals surface area (Å²) in [5, 5.41) is 21.8. The second-order valence-electron chi connectivity index (χ2n) is 5.47. The summed E-state index contributed by atoms with van der Waals surface area (Å²) in [5.74, 6) is 0.518.